The molecule has 3 aromatic heterocycles. The molecule has 0 fully saturated rings. The predicted octanol–water partition coefficient (Wildman–Crippen LogP) is 4.37. The van der Waals surface area contributed by atoms with Crippen molar-refractivity contribution in [2.24, 2.45) is 7.05 Å². The number of hydrogen-bond acceptors (Lipinski definition) is 4. The number of benzene rings is 1. The zero-order valence-corrected chi connectivity index (χ0v) is 16.4. The average Bonchev–Trinajstić information content (AvgIpc) is 3.17. The number of fused-ring (bicyclic) bond motifs is 1. The Bertz CT molecular complexity index is 1230. The molecule has 0 aliphatic heterocycles. The summed E-state index contributed by atoms with van der Waals surface area (Å²) in [5.74, 6) is 0. The highest BCUT2D eigenvalue weighted by Crippen LogP contribution is 2.28. The topological polar surface area (TPSA) is 60.9 Å². The molecule has 3 heterocycles. The number of pyridine rings is 1. The molecule has 0 aliphatic carbocycles. The SMILES string of the molecule is [C-]#[N+]CCc1cc2c(/C=C/c3ccnnc3)cc(-c3cncn3C)nc2cc1C. The number of hydrogen-bond donors (Lipinski definition) is 0. The second kappa shape index (κ2) is 8.03. The van der Waals surface area contributed by atoms with Crippen LogP contribution in [0.4, 0.5) is 0 Å². The van der Waals surface area contributed by atoms with Gasteiger partial charge in [-0.3, -0.25) is 0 Å². The summed E-state index contributed by atoms with van der Waals surface area (Å²) in [5.41, 5.74) is 7.15. The van der Waals surface area contributed by atoms with Crippen LogP contribution in [0.5, 0.6) is 0 Å². The van der Waals surface area contributed by atoms with E-state index in [1.54, 1.807) is 18.7 Å². The van der Waals surface area contributed by atoms with E-state index in [1.807, 2.05) is 30.0 Å². The molecule has 0 unspecified atom stereocenters. The highest BCUT2D eigenvalue weighted by molar-refractivity contribution is 5.93. The summed E-state index contributed by atoms with van der Waals surface area (Å²) in [7, 11) is 1.96. The maximum absolute atomic E-state index is 7.10. The van der Waals surface area contributed by atoms with Crippen molar-refractivity contribution in [2.45, 2.75) is 13.3 Å². The first-order valence-electron chi connectivity index (χ1n) is 9.34. The van der Waals surface area contributed by atoms with Crippen LogP contribution in [0.3, 0.4) is 0 Å². The Morgan fingerprint density at radius 2 is 2.03 bits per heavy atom. The lowest BCUT2D eigenvalue weighted by atomic mass is 9.98. The number of aryl methyl sites for hydroxylation is 2. The van der Waals surface area contributed by atoms with Crippen molar-refractivity contribution in [3.8, 4) is 11.4 Å². The molecule has 1 aromatic carbocycles. The normalized spacial score (nSPS) is 11.2. The van der Waals surface area contributed by atoms with E-state index in [-0.39, 0.29) is 0 Å². The lowest BCUT2D eigenvalue weighted by Crippen LogP contribution is -1.97. The van der Waals surface area contributed by atoms with E-state index in [2.05, 4.69) is 51.2 Å². The summed E-state index contributed by atoms with van der Waals surface area (Å²) in [6, 6.07) is 8.28. The van der Waals surface area contributed by atoms with Gasteiger partial charge in [0, 0.05) is 18.9 Å². The van der Waals surface area contributed by atoms with E-state index in [4.69, 9.17) is 11.6 Å². The predicted molar refractivity (Wildman–Crippen MR) is 115 cm³/mol. The van der Waals surface area contributed by atoms with Crippen molar-refractivity contribution >= 4 is 23.1 Å². The van der Waals surface area contributed by atoms with E-state index in [9.17, 15) is 0 Å². The fourth-order valence-electron chi connectivity index (χ4n) is 3.35. The molecule has 6 nitrogen and oxygen atoms in total. The molecule has 0 bridgehead atoms. The maximum atomic E-state index is 7.10. The molecule has 0 amide bonds. The summed E-state index contributed by atoms with van der Waals surface area (Å²) in [6.07, 6.45) is 11.9. The second-order valence-electron chi connectivity index (χ2n) is 6.92. The highest BCUT2D eigenvalue weighted by Gasteiger charge is 2.12. The maximum Gasteiger partial charge on any atom is 0.218 e. The summed E-state index contributed by atoms with van der Waals surface area (Å²) in [4.78, 5) is 12.6. The third kappa shape index (κ3) is 3.90. The zero-order chi connectivity index (χ0) is 20.2. The minimum absolute atomic E-state index is 0.487. The van der Waals surface area contributed by atoms with Crippen molar-refractivity contribution in [3.05, 3.63) is 82.9 Å². The van der Waals surface area contributed by atoms with Gasteiger partial charge in [-0.2, -0.15) is 10.2 Å². The largest absolute Gasteiger partial charge is 0.332 e. The summed E-state index contributed by atoms with van der Waals surface area (Å²) < 4.78 is 1.96. The number of nitrogens with zero attached hydrogens (tertiary/aromatic N) is 6. The number of aromatic nitrogens is 5. The van der Waals surface area contributed by atoms with E-state index in [1.165, 1.54) is 5.56 Å². The molecule has 0 spiro atoms. The quantitative estimate of drug-likeness (QED) is 0.483. The van der Waals surface area contributed by atoms with Crippen LogP contribution in [-0.4, -0.2) is 31.3 Å². The molecular weight excluding hydrogens is 360 g/mol. The van der Waals surface area contributed by atoms with Crippen LogP contribution in [0.1, 0.15) is 22.3 Å². The molecule has 0 saturated heterocycles. The smallest absolute Gasteiger partial charge is 0.218 e. The van der Waals surface area contributed by atoms with E-state index >= 15 is 0 Å². The molecule has 4 aromatic rings. The fraction of sp³-hybridized carbons (Fsp3) is 0.174. The van der Waals surface area contributed by atoms with Crippen molar-refractivity contribution < 1.29 is 0 Å². The molecule has 29 heavy (non-hydrogen) atoms. The lowest BCUT2D eigenvalue weighted by Gasteiger charge is -2.11. The van der Waals surface area contributed by atoms with Gasteiger partial charge in [-0.1, -0.05) is 12.2 Å². The van der Waals surface area contributed by atoms with Gasteiger partial charge in [0.05, 0.1) is 41.8 Å². The van der Waals surface area contributed by atoms with Crippen LogP contribution in [0, 0.1) is 13.5 Å². The molecule has 0 N–H and O–H groups in total. The number of imidazole rings is 1. The van der Waals surface area contributed by atoms with Crippen LogP contribution < -0.4 is 0 Å². The van der Waals surface area contributed by atoms with Gasteiger partial charge in [-0.25, -0.2) is 16.5 Å². The van der Waals surface area contributed by atoms with Crippen LogP contribution in [-0.2, 0) is 13.5 Å². The van der Waals surface area contributed by atoms with Gasteiger partial charge in [0.2, 0.25) is 6.54 Å². The van der Waals surface area contributed by atoms with Gasteiger partial charge < -0.3 is 9.41 Å². The van der Waals surface area contributed by atoms with E-state index in [0.717, 1.165) is 45.4 Å². The van der Waals surface area contributed by atoms with E-state index < -0.39 is 0 Å². The molecule has 0 atom stereocenters. The fourth-order valence-corrected chi connectivity index (χ4v) is 3.35. The molecule has 142 valence electrons. The second-order valence-corrected chi connectivity index (χ2v) is 6.92. The highest BCUT2D eigenvalue weighted by atomic mass is 15.1. The molecule has 0 radical (unpaired) electrons. The van der Waals surface area contributed by atoms with Gasteiger partial charge in [-0.15, -0.1) is 0 Å². The summed E-state index contributed by atoms with van der Waals surface area (Å²) in [6.45, 7) is 9.66. The third-order valence-electron chi connectivity index (χ3n) is 4.93. The minimum atomic E-state index is 0.487. The van der Waals surface area contributed by atoms with Gasteiger partial charge in [0.15, 0.2) is 0 Å². The van der Waals surface area contributed by atoms with Gasteiger partial charge >= 0.3 is 0 Å². The molecule has 4 rings (SSSR count). The standard InChI is InChI=1S/C23H20N6/c1-16-10-21-20(11-18(16)7-8-24-2)19(5-4-17-6-9-26-27-13-17)12-22(28-21)23-14-25-15-29(23)3/h4-6,9-15H,7-8H2,1,3H3/b5-4+. The van der Waals surface area contributed by atoms with Crippen molar-refractivity contribution in [3.63, 3.8) is 0 Å². The van der Waals surface area contributed by atoms with Crippen molar-refractivity contribution in [1.82, 2.24) is 24.7 Å². The Labute approximate surface area is 169 Å². The van der Waals surface area contributed by atoms with Crippen LogP contribution >= 0.6 is 0 Å². The Balaban J connectivity index is 1.89. The monoisotopic (exact) mass is 380 g/mol. The first kappa shape index (κ1) is 18.5. The molecule has 6 heteroatoms. The summed E-state index contributed by atoms with van der Waals surface area (Å²) >= 11 is 0. The Hall–Kier alpha value is -3.85. The van der Waals surface area contributed by atoms with Gasteiger partial charge in [0.25, 0.3) is 0 Å². The van der Waals surface area contributed by atoms with Crippen LogP contribution in [0.15, 0.2) is 49.2 Å². The molecule has 0 saturated carbocycles. The number of rotatable bonds is 5. The first-order chi connectivity index (χ1) is 14.2. The van der Waals surface area contributed by atoms with Crippen LogP contribution in [0.2, 0.25) is 0 Å². The molecular formula is C23H20N6. The van der Waals surface area contributed by atoms with Gasteiger partial charge in [-0.05, 0) is 53.4 Å². The Kier molecular flexibility index (Phi) is 5.12. The third-order valence-corrected chi connectivity index (χ3v) is 4.93. The van der Waals surface area contributed by atoms with Crippen molar-refractivity contribution in [1.29, 1.82) is 0 Å². The Morgan fingerprint density at radius 3 is 2.76 bits per heavy atom. The lowest BCUT2D eigenvalue weighted by molar-refractivity contribution is 0.917. The van der Waals surface area contributed by atoms with Crippen LogP contribution in [0.25, 0.3) is 39.3 Å². The zero-order valence-electron chi connectivity index (χ0n) is 16.4. The van der Waals surface area contributed by atoms with Crippen molar-refractivity contribution in [2.75, 3.05) is 6.54 Å². The minimum Gasteiger partial charge on any atom is -0.332 e. The Morgan fingerprint density at radius 1 is 1.14 bits per heavy atom. The summed E-state index contributed by atoms with van der Waals surface area (Å²) in [5, 5.41) is 8.83. The average molecular weight is 380 g/mol. The first-order valence-corrected chi connectivity index (χ1v) is 9.34. The molecule has 0 aliphatic rings. The van der Waals surface area contributed by atoms with Gasteiger partial charge in [0.1, 0.15) is 0 Å². The van der Waals surface area contributed by atoms with E-state index in [0.29, 0.717) is 6.54 Å².